The summed E-state index contributed by atoms with van der Waals surface area (Å²) in [7, 11) is 0. The second kappa shape index (κ2) is 9.29. The minimum atomic E-state index is -0.577. The highest BCUT2D eigenvalue weighted by Crippen LogP contribution is 2.31. The van der Waals surface area contributed by atoms with Crippen LogP contribution in [0.4, 0.5) is 10.7 Å². The lowest BCUT2D eigenvalue weighted by Crippen LogP contribution is -2.52. The molecule has 1 atom stereocenters. The van der Waals surface area contributed by atoms with Crippen molar-refractivity contribution in [1.82, 2.24) is 20.3 Å². The highest BCUT2D eigenvalue weighted by Gasteiger charge is 2.31. The number of ether oxygens (including phenoxy) is 2. The van der Waals surface area contributed by atoms with E-state index in [1.54, 1.807) is 6.20 Å². The fourth-order valence-electron chi connectivity index (χ4n) is 3.98. The molecule has 4 N–H and O–H groups in total. The molecule has 0 bridgehead atoms. The van der Waals surface area contributed by atoms with Crippen LogP contribution < -0.4 is 15.8 Å². The van der Waals surface area contributed by atoms with Gasteiger partial charge in [0.15, 0.2) is 11.6 Å². The molecular weight excluding hydrogens is 418 g/mol. The van der Waals surface area contributed by atoms with Crippen molar-refractivity contribution in [3.8, 4) is 16.9 Å². The quantitative estimate of drug-likeness (QED) is 0.451. The maximum atomic E-state index is 12.4. The summed E-state index contributed by atoms with van der Waals surface area (Å²) in [6, 6.07) is 7.93. The third-order valence-corrected chi connectivity index (χ3v) is 5.10. The Morgan fingerprint density at radius 1 is 1.21 bits per heavy atom. The number of fused-ring (bicyclic) bond motifs is 1. The molecule has 1 aromatic carbocycles. The second-order valence-electron chi connectivity index (χ2n) is 10.2. The molecule has 0 radical (unpaired) electrons. The molecule has 2 aromatic heterocycles. The van der Waals surface area contributed by atoms with Gasteiger partial charge in [0.1, 0.15) is 18.0 Å². The first kappa shape index (κ1) is 24.4. The number of pyridine rings is 1. The van der Waals surface area contributed by atoms with Gasteiger partial charge in [-0.15, -0.1) is 0 Å². The summed E-state index contributed by atoms with van der Waals surface area (Å²) >= 11 is 0. The number of hydrogen-bond acceptors (Lipinski definition) is 6. The number of alkyl carbamates (subject to hydrolysis) is 1. The molecule has 0 spiro atoms. The zero-order valence-electron chi connectivity index (χ0n) is 20.6. The van der Waals surface area contributed by atoms with Crippen molar-refractivity contribution in [2.45, 2.75) is 66.0 Å². The van der Waals surface area contributed by atoms with Gasteiger partial charge in [0.25, 0.3) is 0 Å². The fourth-order valence-corrected chi connectivity index (χ4v) is 3.98. The summed E-state index contributed by atoms with van der Waals surface area (Å²) in [5.41, 5.74) is 9.01. The van der Waals surface area contributed by atoms with Crippen LogP contribution in [0.15, 0.2) is 30.5 Å². The maximum Gasteiger partial charge on any atom is 0.408 e. The Kier molecular flexibility index (Phi) is 6.86. The Morgan fingerprint density at radius 2 is 1.94 bits per heavy atom. The van der Waals surface area contributed by atoms with E-state index in [2.05, 4.69) is 40.2 Å². The maximum absolute atomic E-state index is 12.4. The number of aryl methyl sites for hydroxylation is 1. The Bertz CT molecular complexity index is 1130. The Labute approximate surface area is 195 Å². The number of nitrogen functional groups attached to an aromatic ring is 1. The average Bonchev–Trinajstić information content (AvgIpc) is 3.04. The molecule has 2 heterocycles. The molecule has 33 heavy (non-hydrogen) atoms. The number of amides is 1. The smallest absolute Gasteiger partial charge is 0.408 e. The number of rotatable bonds is 7. The molecule has 0 saturated heterocycles. The van der Waals surface area contributed by atoms with E-state index in [1.165, 1.54) is 0 Å². The van der Waals surface area contributed by atoms with Crippen molar-refractivity contribution in [3.63, 3.8) is 0 Å². The van der Waals surface area contributed by atoms with Crippen LogP contribution in [0.3, 0.4) is 0 Å². The SMILES string of the molecule is Cc1cc(-c2ccnc3nc(N)[nH]c23)ccc1OC[C@](C)(CC(C)C)NC(=O)OC(C)(C)C. The average molecular weight is 454 g/mol. The van der Waals surface area contributed by atoms with Crippen LogP contribution in [0.5, 0.6) is 5.75 Å². The number of nitrogens with zero attached hydrogens (tertiary/aromatic N) is 2. The zero-order chi connectivity index (χ0) is 24.4. The number of imidazole rings is 1. The van der Waals surface area contributed by atoms with E-state index in [4.69, 9.17) is 15.2 Å². The lowest BCUT2D eigenvalue weighted by atomic mass is 9.91. The van der Waals surface area contributed by atoms with E-state index in [0.29, 0.717) is 24.1 Å². The van der Waals surface area contributed by atoms with Crippen LogP contribution in [0.2, 0.25) is 0 Å². The molecule has 0 unspecified atom stereocenters. The van der Waals surface area contributed by atoms with Gasteiger partial charge in [-0.1, -0.05) is 19.9 Å². The first-order valence-corrected chi connectivity index (χ1v) is 11.2. The van der Waals surface area contributed by atoms with Gasteiger partial charge in [-0.25, -0.2) is 9.78 Å². The van der Waals surface area contributed by atoms with Crippen molar-refractivity contribution in [2.24, 2.45) is 5.92 Å². The number of carbonyl (C=O) groups is 1. The van der Waals surface area contributed by atoms with Gasteiger partial charge in [0.2, 0.25) is 0 Å². The minimum Gasteiger partial charge on any atom is -0.491 e. The van der Waals surface area contributed by atoms with Crippen molar-refractivity contribution in [2.75, 3.05) is 12.3 Å². The van der Waals surface area contributed by atoms with Gasteiger partial charge >= 0.3 is 6.09 Å². The molecule has 1 amide bonds. The van der Waals surface area contributed by atoms with E-state index in [-0.39, 0.29) is 0 Å². The topological polar surface area (TPSA) is 115 Å². The van der Waals surface area contributed by atoms with E-state index in [0.717, 1.165) is 34.4 Å². The number of carbonyl (C=O) groups excluding carboxylic acids is 1. The third kappa shape index (κ3) is 6.37. The van der Waals surface area contributed by atoms with Crippen LogP contribution in [-0.2, 0) is 4.74 Å². The number of anilines is 1. The van der Waals surface area contributed by atoms with Gasteiger partial charge in [-0.05, 0) is 76.3 Å². The zero-order valence-corrected chi connectivity index (χ0v) is 20.6. The molecule has 0 aliphatic carbocycles. The summed E-state index contributed by atoms with van der Waals surface area (Å²) < 4.78 is 11.7. The number of nitrogens with one attached hydrogen (secondary N) is 2. The van der Waals surface area contributed by atoms with Gasteiger partial charge in [0, 0.05) is 11.8 Å². The lowest BCUT2D eigenvalue weighted by Gasteiger charge is -2.33. The van der Waals surface area contributed by atoms with Crippen molar-refractivity contribution in [1.29, 1.82) is 0 Å². The molecule has 0 saturated carbocycles. The molecular formula is C25H35N5O3. The molecule has 8 heteroatoms. The highest BCUT2D eigenvalue weighted by atomic mass is 16.6. The first-order valence-electron chi connectivity index (χ1n) is 11.2. The van der Waals surface area contributed by atoms with Crippen molar-refractivity contribution >= 4 is 23.2 Å². The number of nitrogens with two attached hydrogens (primary N) is 1. The van der Waals surface area contributed by atoms with Gasteiger partial charge in [-0.2, -0.15) is 4.98 Å². The van der Waals surface area contributed by atoms with Gasteiger partial charge < -0.3 is 25.5 Å². The number of benzene rings is 1. The molecule has 0 aliphatic heterocycles. The van der Waals surface area contributed by atoms with Crippen LogP contribution >= 0.6 is 0 Å². The highest BCUT2D eigenvalue weighted by molar-refractivity contribution is 5.90. The predicted octanol–water partition coefficient (Wildman–Crippen LogP) is 5.22. The standard InChI is InChI=1S/C25H35N5O3/c1-15(2)13-25(7,30-23(31)33-24(4,5)6)14-32-19-9-8-17(12-16(19)3)18-10-11-27-21-20(18)28-22(26)29-21/h8-12,15H,13-14H2,1-7H3,(H,30,31)(H3,26,27,28,29)/t25-/m0/s1. The minimum absolute atomic E-state index is 0.321. The summed E-state index contributed by atoms with van der Waals surface area (Å²) in [6.45, 7) is 14.1. The number of H-pyrrole nitrogens is 1. The number of aromatic amines is 1. The number of aromatic nitrogens is 3. The number of hydrogen-bond donors (Lipinski definition) is 3. The van der Waals surface area contributed by atoms with Crippen molar-refractivity contribution in [3.05, 3.63) is 36.0 Å². The summed E-state index contributed by atoms with van der Waals surface area (Å²) in [5, 5.41) is 3.01. The van der Waals surface area contributed by atoms with Crippen LogP contribution in [0.1, 0.15) is 53.5 Å². The normalized spacial score (nSPS) is 13.7. The van der Waals surface area contributed by atoms with E-state index >= 15 is 0 Å². The van der Waals surface area contributed by atoms with Crippen molar-refractivity contribution < 1.29 is 14.3 Å². The van der Waals surface area contributed by atoms with Crippen LogP contribution in [0.25, 0.3) is 22.3 Å². The monoisotopic (exact) mass is 453 g/mol. The lowest BCUT2D eigenvalue weighted by molar-refractivity contribution is 0.0408. The largest absolute Gasteiger partial charge is 0.491 e. The van der Waals surface area contributed by atoms with Gasteiger partial charge in [0.05, 0.1) is 11.1 Å². The van der Waals surface area contributed by atoms with Crippen LogP contribution in [0, 0.1) is 12.8 Å². The molecule has 3 rings (SSSR count). The second-order valence-corrected chi connectivity index (χ2v) is 10.2. The fraction of sp³-hybridized carbons (Fsp3) is 0.480. The third-order valence-electron chi connectivity index (χ3n) is 5.10. The van der Waals surface area contributed by atoms with Gasteiger partial charge in [-0.3, -0.25) is 0 Å². The summed E-state index contributed by atoms with van der Waals surface area (Å²) in [4.78, 5) is 24.0. The predicted molar refractivity (Wildman–Crippen MR) is 131 cm³/mol. The summed E-state index contributed by atoms with van der Waals surface area (Å²) in [6.07, 6.45) is 2.03. The first-order chi connectivity index (χ1) is 15.3. The summed E-state index contributed by atoms with van der Waals surface area (Å²) in [5.74, 6) is 1.46. The van der Waals surface area contributed by atoms with Crippen LogP contribution in [-0.4, -0.2) is 38.8 Å². The molecule has 0 aliphatic rings. The Morgan fingerprint density at radius 3 is 2.58 bits per heavy atom. The molecule has 8 nitrogen and oxygen atoms in total. The molecule has 3 aromatic rings. The van der Waals surface area contributed by atoms with E-state index in [9.17, 15) is 4.79 Å². The van der Waals surface area contributed by atoms with E-state index < -0.39 is 17.2 Å². The molecule has 178 valence electrons. The molecule has 0 fully saturated rings. The van der Waals surface area contributed by atoms with E-state index in [1.807, 2.05) is 52.8 Å². The Balaban J connectivity index is 1.78. The Hall–Kier alpha value is -3.29.